The summed E-state index contributed by atoms with van der Waals surface area (Å²) in [5, 5.41) is 0. The van der Waals surface area contributed by atoms with Gasteiger partial charge in [-0.25, -0.2) is 9.78 Å². The highest BCUT2D eigenvalue weighted by molar-refractivity contribution is 5.88. The van der Waals surface area contributed by atoms with E-state index in [1.807, 2.05) is 67.5 Å². The zero-order valence-electron chi connectivity index (χ0n) is 21.0. The van der Waals surface area contributed by atoms with Crippen LogP contribution in [0.1, 0.15) is 18.9 Å². The maximum absolute atomic E-state index is 13.8. The van der Waals surface area contributed by atoms with Crippen molar-refractivity contribution in [1.82, 2.24) is 19.0 Å². The van der Waals surface area contributed by atoms with E-state index in [0.29, 0.717) is 35.6 Å². The number of anilines is 2. The van der Waals surface area contributed by atoms with Gasteiger partial charge in [-0.05, 0) is 73.5 Å². The molecule has 0 bridgehead atoms. The van der Waals surface area contributed by atoms with Gasteiger partial charge >= 0.3 is 5.69 Å². The van der Waals surface area contributed by atoms with Crippen molar-refractivity contribution >= 4 is 28.4 Å². The molecule has 0 spiro atoms. The normalized spacial score (nSPS) is 15.5. The fourth-order valence-electron chi connectivity index (χ4n) is 4.89. The van der Waals surface area contributed by atoms with Crippen molar-refractivity contribution in [2.24, 2.45) is 0 Å². The average molecular weight is 499 g/mol. The van der Waals surface area contributed by atoms with E-state index >= 15 is 0 Å². The number of nitrogens with zero attached hydrogens (tertiary/aromatic N) is 5. The molecule has 1 saturated heterocycles. The van der Waals surface area contributed by atoms with Gasteiger partial charge in [-0.2, -0.15) is 0 Å². The second kappa shape index (κ2) is 9.85. The topological polar surface area (TPSA) is 98.6 Å². The van der Waals surface area contributed by atoms with E-state index in [-0.39, 0.29) is 23.5 Å². The SMILES string of the molecule is C=CC(=O)N1CCC[C@@H](n2c(=O)n(-c3ccc(Oc4ccc(N(C)C)cc4)cc3)c3c(N)nccc32)C1. The minimum absolute atomic E-state index is 0.130. The molecule has 0 saturated carbocycles. The molecular formula is C28H30N6O3. The van der Waals surface area contributed by atoms with Crippen LogP contribution in [-0.2, 0) is 4.79 Å². The molecule has 2 aromatic carbocycles. The summed E-state index contributed by atoms with van der Waals surface area (Å²) in [6.45, 7) is 4.69. The molecule has 0 radical (unpaired) electrons. The van der Waals surface area contributed by atoms with Crippen LogP contribution in [0.15, 0.2) is 78.2 Å². The Kier molecular flexibility index (Phi) is 6.43. The lowest BCUT2D eigenvalue weighted by atomic mass is 10.1. The van der Waals surface area contributed by atoms with Crippen LogP contribution in [0.25, 0.3) is 16.7 Å². The number of hydrogen-bond donors (Lipinski definition) is 1. The smallest absolute Gasteiger partial charge is 0.334 e. The number of likely N-dealkylation sites (tertiary alicyclic amines) is 1. The first-order chi connectivity index (χ1) is 17.9. The molecule has 9 nitrogen and oxygen atoms in total. The van der Waals surface area contributed by atoms with Crippen LogP contribution in [0.4, 0.5) is 11.5 Å². The van der Waals surface area contributed by atoms with Crippen LogP contribution in [-0.4, -0.2) is 52.1 Å². The third kappa shape index (κ3) is 4.55. The zero-order chi connectivity index (χ0) is 26.1. The van der Waals surface area contributed by atoms with Gasteiger partial charge in [-0.3, -0.25) is 13.9 Å². The highest BCUT2D eigenvalue weighted by Crippen LogP contribution is 2.30. The lowest BCUT2D eigenvalue weighted by molar-refractivity contribution is -0.127. The number of nitrogens with two attached hydrogens (primary N) is 1. The minimum atomic E-state index is -0.222. The van der Waals surface area contributed by atoms with Gasteiger partial charge in [0.2, 0.25) is 5.91 Å². The number of piperidine rings is 1. The number of aromatic nitrogens is 3. The summed E-state index contributed by atoms with van der Waals surface area (Å²) in [5.74, 6) is 1.51. The average Bonchev–Trinajstić information content (AvgIpc) is 3.22. The van der Waals surface area contributed by atoms with E-state index in [1.165, 1.54) is 6.08 Å². The van der Waals surface area contributed by atoms with E-state index in [0.717, 1.165) is 24.3 Å². The summed E-state index contributed by atoms with van der Waals surface area (Å²) in [4.78, 5) is 34.1. The fraction of sp³-hybridized carbons (Fsp3) is 0.250. The summed E-state index contributed by atoms with van der Waals surface area (Å²) >= 11 is 0. The number of pyridine rings is 1. The zero-order valence-corrected chi connectivity index (χ0v) is 21.0. The molecule has 4 aromatic rings. The Labute approximate surface area is 215 Å². The van der Waals surface area contributed by atoms with Crippen molar-refractivity contribution < 1.29 is 9.53 Å². The van der Waals surface area contributed by atoms with Crippen LogP contribution < -0.4 is 21.1 Å². The van der Waals surface area contributed by atoms with Crippen LogP contribution in [0, 0.1) is 0 Å². The maximum atomic E-state index is 13.8. The molecule has 1 aliphatic heterocycles. The standard InChI is InChI=1S/C28H30N6O3/c1-4-25(35)32-17-5-6-21(18-32)33-24-15-16-30-27(29)26(24)34(28(33)36)20-9-13-23(14-10-20)37-22-11-7-19(8-12-22)31(2)3/h4,7-16,21H,1,5-6,17-18H2,2-3H3,(H2,29,30)/t21-/m1/s1. The summed E-state index contributed by atoms with van der Waals surface area (Å²) < 4.78 is 9.32. The number of nitrogen functional groups attached to an aromatic ring is 1. The first-order valence-corrected chi connectivity index (χ1v) is 12.2. The van der Waals surface area contributed by atoms with Gasteiger partial charge in [0.15, 0.2) is 0 Å². The molecule has 1 amide bonds. The van der Waals surface area contributed by atoms with Crippen LogP contribution in [0.5, 0.6) is 11.5 Å². The predicted molar refractivity (Wildman–Crippen MR) is 146 cm³/mol. The molecule has 2 aromatic heterocycles. The molecule has 37 heavy (non-hydrogen) atoms. The molecular weight excluding hydrogens is 468 g/mol. The Morgan fingerprint density at radius 3 is 2.43 bits per heavy atom. The van der Waals surface area contributed by atoms with Gasteiger partial charge in [-0.1, -0.05) is 6.58 Å². The number of rotatable bonds is 6. The molecule has 3 heterocycles. The van der Waals surface area contributed by atoms with Gasteiger partial charge in [-0.15, -0.1) is 0 Å². The highest BCUT2D eigenvalue weighted by atomic mass is 16.5. The number of hydrogen-bond acceptors (Lipinski definition) is 6. The van der Waals surface area contributed by atoms with E-state index < -0.39 is 0 Å². The summed E-state index contributed by atoms with van der Waals surface area (Å²) in [5.41, 5.74) is 9.03. The fourth-order valence-corrected chi connectivity index (χ4v) is 4.89. The molecule has 1 fully saturated rings. The van der Waals surface area contributed by atoms with E-state index in [4.69, 9.17) is 10.5 Å². The number of imidazole rings is 1. The molecule has 1 aliphatic rings. The molecule has 1 atom stereocenters. The van der Waals surface area contributed by atoms with Gasteiger partial charge in [0.1, 0.15) is 22.8 Å². The Bertz CT molecular complexity index is 1500. The minimum Gasteiger partial charge on any atom is -0.457 e. The number of carbonyl (C=O) groups is 1. The van der Waals surface area contributed by atoms with Crippen molar-refractivity contribution in [2.45, 2.75) is 18.9 Å². The summed E-state index contributed by atoms with van der Waals surface area (Å²) in [6.07, 6.45) is 4.50. The number of amides is 1. The van der Waals surface area contributed by atoms with Gasteiger partial charge < -0.3 is 20.3 Å². The number of ether oxygens (including phenoxy) is 1. The van der Waals surface area contributed by atoms with E-state index in [9.17, 15) is 9.59 Å². The van der Waals surface area contributed by atoms with Gasteiger partial charge in [0.25, 0.3) is 0 Å². The van der Waals surface area contributed by atoms with Gasteiger partial charge in [0.05, 0.1) is 17.2 Å². The molecule has 190 valence electrons. The maximum Gasteiger partial charge on any atom is 0.334 e. The lowest BCUT2D eigenvalue weighted by Gasteiger charge is -2.32. The predicted octanol–water partition coefficient (Wildman–Crippen LogP) is 3.98. The summed E-state index contributed by atoms with van der Waals surface area (Å²) in [7, 11) is 3.97. The molecule has 0 unspecified atom stereocenters. The third-order valence-electron chi connectivity index (χ3n) is 6.74. The number of benzene rings is 2. The first-order valence-electron chi connectivity index (χ1n) is 12.2. The molecule has 9 heteroatoms. The Morgan fingerprint density at radius 1 is 1.11 bits per heavy atom. The van der Waals surface area contributed by atoms with Crippen molar-refractivity contribution in [3.63, 3.8) is 0 Å². The highest BCUT2D eigenvalue weighted by Gasteiger charge is 2.28. The lowest BCUT2D eigenvalue weighted by Crippen LogP contribution is -2.42. The van der Waals surface area contributed by atoms with Crippen LogP contribution in [0.3, 0.4) is 0 Å². The van der Waals surface area contributed by atoms with Gasteiger partial charge in [0, 0.05) is 39.1 Å². The Hall–Kier alpha value is -4.53. The number of carbonyl (C=O) groups excluding carboxylic acids is 1. The second-order valence-electron chi connectivity index (χ2n) is 9.32. The van der Waals surface area contributed by atoms with Crippen LogP contribution >= 0.6 is 0 Å². The van der Waals surface area contributed by atoms with Crippen molar-refractivity contribution in [1.29, 1.82) is 0 Å². The molecule has 0 aliphatic carbocycles. The Balaban J connectivity index is 1.50. The quantitative estimate of drug-likeness (QED) is 0.404. The second-order valence-corrected chi connectivity index (χ2v) is 9.32. The largest absolute Gasteiger partial charge is 0.457 e. The first kappa shape index (κ1) is 24.2. The van der Waals surface area contributed by atoms with E-state index in [1.54, 1.807) is 26.3 Å². The van der Waals surface area contributed by atoms with Crippen molar-refractivity contribution in [3.05, 3.63) is 83.9 Å². The van der Waals surface area contributed by atoms with E-state index in [2.05, 4.69) is 11.6 Å². The third-order valence-corrected chi connectivity index (χ3v) is 6.74. The monoisotopic (exact) mass is 498 g/mol. The van der Waals surface area contributed by atoms with Crippen molar-refractivity contribution in [3.8, 4) is 17.2 Å². The molecule has 2 N–H and O–H groups in total. The summed E-state index contributed by atoms with van der Waals surface area (Å²) in [6, 6.07) is 16.7. The van der Waals surface area contributed by atoms with Crippen molar-refractivity contribution in [2.75, 3.05) is 37.8 Å². The molecule has 5 rings (SSSR count). The number of fused-ring (bicyclic) bond motifs is 1. The van der Waals surface area contributed by atoms with Crippen LogP contribution in [0.2, 0.25) is 0 Å². The Morgan fingerprint density at radius 2 is 1.78 bits per heavy atom.